The molecule has 2 aliphatic rings. The third-order valence-electron chi connectivity index (χ3n) is 5.24. The largest absolute Gasteiger partial charge is 0.491 e. The molecule has 152 valence electrons. The smallest absolute Gasteiger partial charge is 0.318 e. The molecule has 3 rings (SSSR count). The Morgan fingerprint density at radius 2 is 1.93 bits per heavy atom. The molecule has 0 radical (unpaired) electrons. The lowest BCUT2D eigenvalue weighted by Crippen LogP contribution is -2.43. The normalized spacial score (nSPS) is 24.4. The zero-order valence-electron chi connectivity index (χ0n) is 15.8. The van der Waals surface area contributed by atoms with Crippen LogP contribution in [0.25, 0.3) is 0 Å². The number of nitrogens with one attached hydrogen (secondary N) is 2. The van der Waals surface area contributed by atoms with Crippen LogP contribution in [0, 0.1) is 5.92 Å². The van der Waals surface area contributed by atoms with Crippen molar-refractivity contribution in [2.75, 3.05) is 13.2 Å². The van der Waals surface area contributed by atoms with Crippen molar-refractivity contribution in [3.05, 3.63) is 29.8 Å². The SMILES string of the molecule is NC(=O)NC(=O)C1CCC(NC(=O)c2cccc(OC[C@@H]3CCCO3)c2)CC1. The van der Waals surface area contributed by atoms with Crippen LogP contribution in [0.1, 0.15) is 48.9 Å². The average molecular weight is 389 g/mol. The van der Waals surface area contributed by atoms with E-state index < -0.39 is 6.03 Å². The lowest BCUT2D eigenvalue weighted by molar-refractivity contribution is -0.124. The van der Waals surface area contributed by atoms with Crippen LogP contribution in [0.5, 0.6) is 5.75 Å². The van der Waals surface area contributed by atoms with Crippen LogP contribution in [-0.4, -0.2) is 43.2 Å². The fourth-order valence-corrected chi connectivity index (χ4v) is 3.68. The quantitative estimate of drug-likeness (QED) is 0.684. The van der Waals surface area contributed by atoms with Gasteiger partial charge in [0.15, 0.2) is 0 Å². The molecule has 0 bridgehead atoms. The van der Waals surface area contributed by atoms with Crippen molar-refractivity contribution >= 4 is 17.8 Å². The number of nitrogens with two attached hydrogens (primary N) is 1. The summed E-state index contributed by atoms with van der Waals surface area (Å²) in [6, 6.07) is 6.28. The monoisotopic (exact) mass is 389 g/mol. The molecule has 1 saturated heterocycles. The first-order valence-corrected chi connectivity index (χ1v) is 9.77. The van der Waals surface area contributed by atoms with E-state index in [1.165, 1.54) is 0 Å². The van der Waals surface area contributed by atoms with Crippen molar-refractivity contribution in [1.29, 1.82) is 0 Å². The third-order valence-corrected chi connectivity index (χ3v) is 5.24. The van der Waals surface area contributed by atoms with Gasteiger partial charge in [-0.2, -0.15) is 0 Å². The number of primary amides is 1. The van der Waals surface area contributed by atoms with Crippen LogP contribution in [0.3, 0.4) is 0 Å². The number of ether oxygens (including phenoxy) is 2. The number of carbonyl (C=O) groups is 3. The standard InChI is InChI=1S/C20H27N3O5/c21-20(26)23-18(24)13-6-8-15(9-7-13)22-19(25)14-3-1-4-16(11-14)28-12-17-5-2-10-27-17/h1,3-4,11,13,15,17H,2,5-10,12H2,(H,22,25)(H3,21,23,24,26)/t13?,15?,17-/m0/s1. The number of hydrogen-bond donors (Lipinski definition) is 3. The Labute approximate surface area is 164 Å². The van der Waals surface area contributed by atoms with E-state index in [4.69, 9.17) is 15.2 Å². The van der Waals surface area contributed by atoms with Gasteiger partial charge < -0.3 is 20.5 Å². The zero-order chi connectivity index (χ0) is 19.9. The Balaban J connectivity index is 1.46. The number of rotatable bonds is 6. The van der Waals surface area contributed by atoms with E-state index >= 15 is 0 Å². The van der Waals surface area contributed by atoms with Crippen LogP contribution >= 0.6 is 0 Å². The summed E-state index contributed by atoms with van der Waals surface area (Å²) in [6.07, 6.45) is 4.75. The van der Waals surface area contributed by atoms with E-state index in [-0.39, 0.29) is 29.9 Å². The van der Waals surface area contributed by atoms with Crippen LogP contribution in [0.15, 0.2) is 24.3 Å². The molecule has 1 aromatic carbocycles. The molecule has 0 unspecified atom stereocenters. The molecule has 1 aromatic rings. The molecule has 1 heterocycles. The summed E-state index contributed by atoms with van der Waals surface area (Å²) < 4.78 is 11.3. The predicted octanol–water partition coefficient (Wildman–Crippen LogP) is 1.73. The molecular weight excluding hydrogens is 362 g/mol. The van der Waals surface area contributed by atoms with Gasteiger partial charge in [-0.1, -0.05) is 6.07 Å². The van der Waals surface area contributed by atoms with Crippen LogP contribution in [0.2, 0.25) is 0 Å². The van der Waals surface area contributed by atoms with Gasteiger partial charge in [0.25, 0.3) is 5.91 Å². The van der Waals surface area contributed by atoms with Gasteiger partial charge in [-0.25, -0.2) is 4.79 Å². The highest BCUT2D eigenvalue weighted by Gasteiger charge is 2.28. The molecule has 0 spiro atoms. The minimum atomic E-state index is -0.831. The Bertz CT molecular complexity index is 710. The molecule has 1 atom stereocenters. The summed E-state index contributed by atoms with van der Waals surface area (Å²) >= 11 is 0. The first kappa shape index (κ1) is 20.1. The van der Waals surface area contributed by atoms with Gasteiger partial charge in [0.2, 0.25) is 5.91 Å². The first-order chi connectivity index (χ1) is 13.5. The molecule has 4 N–H and O–H groups in total. The summed E-state index contributed by atoms with van der Waals surface area (Å²) in [5.74, 6) is -0.0915. The van der Waals surface area contributed by atoms with Gasteiger partial charge in [-0.15, -0.1) is 0 Å². The summed E-state index contributed by atoms with van der Waals surface area (Å²) in [7, 11) is 0. The summed E-state index contributed by atoms with van der Waals surface area (Å²) in [4.78, 5) is 35.2. The highest BCUT2D eigenvalue weighted by atomic mass is 16.5. The van der Waals surface area contributed by atoms with Crippen LogP contribution in [-0.2, 0) is 9.53 Å². The highest BCUT2D eigenvalue weighted by molar-refractivity contribution is 5.95. The van der Waals surface area contributed by atoms with E-state index in [1.54, 1.807) is 18.2 Å². The van der Waals surface area contributed by atoms with Crippen molar-refractivity contribution in [2.45, 2.75) is 50.7 Å². The molecule has 4 amide bonds. The van der Waals surface area contributed by atoms with Crippen molar-refractivity contribution in [3.8, 4) is 5.75 Å². The predicted molar refractivity (Wildman–Crippen MR) is 102 cm³/mol. The second kappa shape index (κ2) is 9.54. The molecule has 8 nitrogen and oxygen atoms in total. The minimum Gasteiger partial charge on any atom is -0.491 e. The van der Waals surface area contributed by atoms with Gasteiger partial charge in [0.05, 0.1) is 6.10 Å². The van der Waals surface area contributed by atoms with Gasteiger partial charge in [-0.05, 0) is 56.7 Å². The molecule has 0 aromatic heterocycles. The van der Waals surface area contributed by atoms with E-state index in [0.29, 0.717) is 43.6 Å². The molecule has 1 aliphatic carbocycles. The average Bonchev–Trinajstić information content (AvgIpc) is 3.20. The summed E-state index contributed by atoms with van der Waals surface area (Å²) in [5.41, 5.74) is 5.52. The van der Waals surface area contributed by atoms with Gasteiger partial charge in [0, 0.05) is 24.1 Å². The second-order valence-corrected chi connectivity index (χ2v) is 7.35. The number of carbonyl (C=O) groups excluding carboxylic acids is 3. The lowest BCUT2D eigenvalue weighted by atomic mass is 9.85. The number of imide groups is 1. The van der Waals surface area contributed by atoms with E-state index in [0.717, 1.165) is 19.4 Å². The maximum atomic E-state index is 12.6. The van der Waals surface area contributed by atoms with Crippen LogP contribution < -0.4 is 21.1 Å². The molecule has 8 heteroatoms. The minimum absolute atomic E-state index is 0.00147. The number of urea groups is 1. The van der Waals surface area contributed by atoms with Crippen molar-refractivity contribution in [1.82, 2.24) is 10.6 Å². The van der Waals surface area contributed by atoms with Gasteiger partial charge in [-0.3, -0.25) is 14.9 Å². The maximum absolute atomic E-state index is 12.6. The number of amides is 4. The fourth-order valence-electron chi connectivity index (χ4n) is 3.68. The first-order valence-electron chi connectivity index (χ1n) is 9.77. The molecular formula is C20H27N3O5. The topological polar surface area (TPSA) is 120 Å². The summed E-state index contributed by atoms with van der Waals surface area (Å²) in [5, 5.41) is 5.14. The molecule has 1 saturated carbocycles. The molecule has 1 aliphatic heterocycles. The van der Waals surface area contributed by atoms with Crippen molar-refractivity contribution in [2.24, 2.45) is 11.7 Å². The Morgan fingerprint density at radius 3 is 2.61 bits per heavy atom. The molecule has 2 fully saturated rings. The Morgan fingerprint density at radius 1 is 1.14 bits per heavy atom. The lowest BCUT2D eigenvalue weighted by Gasteiger charge is -2.28. The summed E-state index contributed by atoms with van der Waals surface area (Å²) in [6.45, 7) is 1.27. The Kier molecular flexibility index (Phi) is 6.86. The van der Waals surface area contributed by atoms with E-state index in [9.17, 15) is 14.4 Å². The third kappa shape index (κ3) is 5.69. The maximum Gasteiger partial charge on any atom is 0.318 e. The molecule has 28 heavy (non-hydrogen) atoms. The van der Waals surface area contributed by atoms with Gasteiger partial charge in [0.1, 0.15) is 12.4 Å². The highest BCUT2D eigenvalue weighted by Crippen LogP contribution is 2.25. The fraction of sp³-hybridized carbons (Fsp3) is 0.550. The number of benzene rings is 1. The zero-order valence-corrected chi connectivity index (χ0v) is 15.8. The van der Waals surface area contributed by atoms with Crippen LogP contribution in [0.4, 0.5) is 4.79 Å². The van der Waals surface area contributed by atoms with E-state index in [1.807, 2.05) is 6.07 Å². The van der Waals surface area contributed by atoms with Crippen molar-refractivity contribution in [3.63, 3.8) is 0 Å². The Hall–Kier alpha value is -2.61. The second-order valence-electron chi connectivity index (χ2n) is 7.35. The van der Waals surface area contributed by atoms with E-state index in [2.05, 4.69) is 10.6 Å². The van der Waals surface area contributed by atoms with Crippen molar-refractivity contribution < 1.29 is 23.9 Å². The van der Waals surface area contributed by atoms with Gasteiger partial charge >= 0.3 is 6.03 Å². The number of hydrogen-bond acceptors (Lipinski definition) is 5.